The van der Waals surface area contributed by atoms with E-state index in [0.717, 1.165) is 11.3 Å². The standard InChI is InChI=1S/C13H14FN3O/c1-18-10-4-2-3-9(5-10)6-11-13(14)12(7-15)17-8-16-11/h2-5,8H,6-7,15H2,1H3. The van der Waals surface area contributed by atoms with Gasteiger partial charge >= 0.3 is 0 Å². The van der Waals surface area contributed by atoms with Crippen LogP contribution in [0.2, 0.25) is 0 Å². The second-order valence-corrected chi connectivity index (χ2v) is 3.81. The van der Waals surface area contributed by atoms with Crippen LogP contribution >= 0.6 is 0 Å². The topological polar surface area (TPSA) is 61.0 Å². The van der Waals surface area contributed by atoms with Gasteiger partial charge in [0.25, 0.3) is 0 Å². The van der Waals surface area contributed by atoms with Crippen LogP contribution in [0.3, 0.4) is 0 Å². The molecule has 0 bridgehead atoms. The summed E-state index contributed by atoms with van der Waals surface area (Å²) in [4.78, 5) is 7.75. The molecule has 0 saturated heterocycles. The van der Waals surface area contributed by atoms with E-state index in [4.69, 9.17) is 10.5 Å². The number of aromatic nitrogens is 2. The van der Waals surface area contributed by atoms with Crippen molar-refractivity contribution in [3.05, 3.63) is 53.4 Å². The van der Waals surface area contributed by atoms with Gasteiger partial charge in [0, 0.05) is 13.0 Å². The van der Waals surface area contributed by atoms with Crippen molar-refractivity contribution >= 4 is 0 Å². The number of halogens is 1. The Labute approximate surface area is 105 Å². The molecule has 0 aliphatic carbocycles. The van der Waals surface area contributed by atoms with Crippen LogP contribution < -0.4 is 10.5 Å². The summed E-state index contributed by atoms with van der Waals surface area (Å²) < 4.78 is 19.0. The van der Waals surface area contributed by atoms with Crippen molar-refractivity contribution in [3.63, 3.8) is 0 Å². The number of rotatable bonds is 4. The Morgan fingerprint density at radius 2 is 2.06 bits per heavy atom. The minimum absolute atomic E-state index is 0.0689. The molecule has 1 aromatic heterocycles. The van der Waals surface area contributed by atoms with Gasteiger partial charge < -0.3 is 10.5 Å². The first-order chi connectivity index (χ1) is 8.74. The highest BCUT2D eigenvalue weighted by Gasteiger charge is 2.10. The lowest BCUT2D eigenvalue weighted by molar-refractivity contribution is 0.414. The number of ether oxygens (including phenoxy) is 1. The Kier molecular flexibility index (Phi) is 3.84. The molecule has 2 N–H and O–H groups in total. The second kappa shape index (κ2) is 5.55. The fourth-order valence-corrected chi connectivity index (χ4v) is 1.69. The molecule has 0 saturated carbocycles. The first-order valence-corrected chi connectivity index (χ1v) is 5.56. The molecular weight excluding hydrogens is 233 g/mol. The molecule has 5 heteroatoms. The summed E-state index contributed by atoms with van der Waals surface area (Å²) in [5.41, 5.74) is 6.92. The summed E-state index contributed by atoms with van der Waals surface area (Å²) in [6, 6.07) is 7.44. The van der Waals surface area contributed by atoms with E-state index in [2.05, 4.69) is 9.97 Å². The molecular formula is C13H14FN3O. The number of nitrogens with two attached hydrogens (primary N) is 1. The third-order valence-corrected chi connectivity index (χ3v) is 2.63. The minimum Gasteiger partial charge on any atom is -0.497 e. The maximum absolute atomic E-state index is 13.9. The molecule has 0 unspecified atom stereocenters. The zero-order chi connectivity index (χ0) is 13.0. The zero-order valence-electron chi connectivity index (χ0n) is 10.1. The lowest BCUT2D eigenvalue weighted by Gasteiger charge is -2.06. The van der Waals surface area contributed by atoms with E-state index in [1.165, 1.54) is 6.33 Å². The van der Waals surface area contributed by atoms with Gasteiger partial charge in [-0.1, -0.05) is 12.1 Å². The van der Waals surface area contributed by atoms with Gasteiger partial charge in [0.1, 0.15) is 12.1 Å². The summed E-state index contributed by atoms with van der Waals surface area (Å²) in [7, 11) is 1.59. The highest BCUT2D eigenvalue weighted by Crippen LogP contribution is 2.17. The van der Waals surface area contributed by atoms with E-state index in [1.54, 1.807) is 7.11 Å². The van der Waals surface area contributed by atoms with E-state index in [9.17, 15) is 4.39 Å². The van der Waals surface area contributed by atoms with Gasteiger partial charge in [-0.15, -0.1) is 0 Å². The van der Waals surface area contributed by atoms with Gasteiger partial charge in [0.2, 0.25) is 0 Å². The molecule has 0 amide bonds. The normalized spacial score (nSPS) is 10.4. The molecule has 0 aliphatic rings. The fourth-order valence-electron chi connectivity index (χ4n) is 1.69. The van der Waals surface area contributed by atoms with Crippen LogP contribution in [-0.2, 0) is 13.0 Å². The molecule has 0 radical (unpaired) electrons. The van der Waals surface area contributed by atoms with Crippen molar-refractivity contribution in [2.24, 2.45) is 5.73 Å². The predicted molar refractivity (Wildman–Crippen MR) is 65.7 cm³/mol. The lowest BCUT2D eigenvalue weighted by Crippen LogP contribution is -2.08. The molecule has 1 heterocycles. The number of hydrogen-bond donors (Lipinski definition) is 1. The minimum atomic E-state index is -0.428. The molecule has 0 spiro atoms. The van der Waals surface area contributed by atoms with Crippen LogP contribution in [0.25, 0.3) is 0 Å². The maximum atomic E-state index is 13.9. The third-order valence-electron chi connectivity index (χ3n) is 2.63. The van der Waals surface area contributed by atoms with Crippen LogP contribution in [0.5, 0.6) is 5.75 Å². The highest BCUT2D eigenvalue weighted by atomic mass is 19.1. The van der Waals surface area contributed by atoms with Gasteiger partial charge in [-0.05, 0) is 17.7 Å². The number of methoxy groups -OCH3 is 1. The van der Waals surface area contributed by atoms with Crippen molar-refractivity contribution in [1.82, 2.24) is 9.97 Å². The summed E-state index contributed by atoms with van der Waals surface area (Å²) in [5.74, 6) is 0.309. The number of nitrogens with zero attached hydrogens (tertiary/aromatic N) is 2. The van der Waals surface area contributed by atoms with Crippen molar-refractivity contribution < 1.29 is 9.13 Å². The first-order valence-electron chi connectivity index (χ1n) is 5.56. The Morgan fingerprint density at radius 3 is 2.78 bits per heavy atom. The number of hydrogen-bond acceptors (Lipinski definition) is 4. The molecule has 0 fully saturated rings. The van der Waals surface area contributed by atoms with Gasteiger partial charge in [0.15, 0.2) is 5.82 Å². The van der Waals surface area contributed by atoms with Crippen molar-refractivity contribution in [3.8, 4) is 5.75 Å². The van der Waals surface area contributed by atoms with E-state index in [1.807, 2.05) is 24.3 Å². The number of benzene rings is 1. The average molecular weight is 247 g/mol. The Bertz CT molecular complexity index is 546. The molecule has 94 valence electrons. The molecule has 4 nitrogen and oxygen atoms in total. The van der Waals surface area contributed by atoms with Gasteiger partial charge in [-0.25, -0.2) is 14.4 Å². The van der Waals surface area contributed by atoms with E-state index < -0.39 is 5.82 Å². The Hall–Kier alpha value is -2.01. The van der Waals surface area contributed by atoms with Crippen molar-refractivity contribution in [1.29, 1.82) is 0 Å². The second-order valence-electron chi connectivity index (χ2n) is 3.81. The monoisotopic (exact) mass is 247 g/mol. The van der Waals surface area contributed by atoms with Gasteiger partial charge in [-0.3, -0.25) is 0 Å². The molecule has 2 aromatic rings. The molecule has 18 heavy (non-hydrogen) atoms. The van der Waals surface area contributed by atoms with Gasteiger partial charge in [0.05, 0.1) is 18.5 Å². The smallest absolute Gasteiger partial charge is 0.167 e. The average Bonchev–Trinajstić information content (AvgIpc) is 2.41. The zero-order valence-corrected chi connectivity index (χ0v) is 10.1. The maximum Gasteiger partial charge on any atom is 0.167 e. The van der Waals surface area contributed by atoms with E-state index in [-0.39, 0.29) is 12.2 Å². The van der Waals surface area contributed by atoms with Crippen LogP contribution in [0.15, 0.2) is 30.6 Å². The van der Waals surface area contributed by atoms with E-state index >= 15 is 0 Å². The molecule has 1 aromatic carbocycles. The summed E-state index contributed by atoms with van der Waals surface area (Å²) in [6.07, 6.45) is 1.72. The molecule has 2 rings (SSSR count). The summed E-state index contributed by atoms with van der Waals surface area (Å²) in [5, 5.41) is 0. The van der Waals surface area contributed by atoms with Gasteiger partial charge in [-0.2, -0.15) is 0 Å². The SMILES string of the molecule is COc1cccc(Cc2ncnc(CN)c2F)c1. The lowest BCUT2D eigenvalue weighted by atomic mass is 10.1. The summed E-state index contributed by atoms with van der Waals surface area (Å²) in [6.45, 7) is 0.0689. The fraction of sp³-hybridized carbons (Fsp3) is 0.231. The van der Waals surface area contributed by atoms with Crippen molar-refractivity contribution in [2.75, 3.05) is 7.11 Å². The largest absolute Gasteiger partial charge is 0.497 e. The van der Waals surface area contributed by atoms with Crippen LogP contribution in [-0.4, -0.2) is 17.1 Å². The van der Waals surface area contributed by atoms with Crippen LogP contribution in [0.1, 0.15) is 17.0 Å². The van der Waals surface area contributed by atoms with Crippen molar-refractivity contribution in [2.45, 2.75) is 13.0 Å². The summed E-state index contributed by atoms with van der Waals surface area (Å²) >= 11 is 0. The predicted octanol–water partition coefficient (Wildman–Crippen LogP) is 1.67. The third kappa shape index (κ3) is 2.62. The molecule has 0 atom stereocenters. The van der Waals surface area contributed by atoms with Crippen LogP contribution in [0.4, 0.5) is 4.39 Å². The highest BCUT2D eigenvalue weighted by molar-refractivity contribution is 5.31. The Morgan fingerprint density at radius 1 is 1.28 bits per heavy atom. The quantitative estimate of drug-likeness (QED) is 0.892. The van der Waals surface area contributed by atoms with Crippen LogP contribution in [0, 0.1) is 5.82 Å². The van der Waals surface area contributed by atoms with E-state index in [0.29, 0.717) is 12.1 Å². The Balaban J connectivity index is 2.28. The first kappa shape index (κ1) is 12.4. The molecule has 0 aliphatic heterocycles.